The molecular formula is C17H25NO3. The number of nitrogens with one attached hydrogen (secondary N) is 1. The molecule has 1 saturated heterocycles. The standard InChI is InChI=1S/C17H25NO3/c1-3-20-16-6-5-14(12-17(16)21-4-2)15(19)11-13-7-9-18-10-8-13/h5-6,12-13,18H,3-4,7-11H2,1-2H3. The Morgan fingerprint density at radius 3 is 2.48 bits per heavy atom. The van der Waals surface area contributed by atoms with E-state index in [4.69, 9.17) is 9.47 Å². The summed E-state index contributed by atoms with van der Waals surface area (Å²) in [4.78, 5) is 12.4. The van der Waals surface area contributed by atoms with Gasteiger partial charge in [0.2, 0.25) is 0 Å². The first-order valence-corrected chi connectivity index (χ1v) is 7.88. The molecule has 1 heterocycles. The zero-order valence-electron chi connectivity index (χ0n) is 13.0. The molecule has 4 nitrogen and oxygen atoms in total. The first-order valence-electron chi connectivity index (χ1n) is 7.88. The molecule has 2 rings (SSSR count). The van der Waals surface area contributed by atoms with Gasteiger partial charge in [0.25, 0.3) is 0 Å². The molecule has 116 valence electrons. The molecule has 1 aromatic carbocycles. The topological polar surface area (TPSA) is 47.6 Å². The van der Waals surface area contributed by atoms with Gasteiger partial charge in [-0.05, 0) is 63.9 Å². The molecule has 0 spiro atoms. The summed E-state index contributed by atoms with van der Waals surface area (Å²) in [5.74, 6) is 2.07. The molecule has 0 aromatic heterocycles. The lowest BCUT2D eigenvalue weighted by atomic mass is 9.90. The zero-order valence-corrected chi connectivity index (χ0v) is 13.0. The summed E-state index contributed by atoms with van der Waals surface area (Å²) in [6.45, 7) is 7.05. The normalized spacial score (nSPS) is 15.7. The van der Waals surface area contributed by atoms with Crippen molar-refractivity contribution in [1.29, 1.82) is 0 Å². The second kappa shape index (κ2) is 8.03. The van der Waals surface area contributed by atoms with Gasteiger partial charge in [-0.15, -0.1) is 0 Å². The fraction of sp³-hybridized carbons (Fsp3) is 0.588. The van der Waals surface area contributed by atoms with Crippen molar-refractivity contribution in [2.45, 2.75) is 33.1 Å². The predicted octanol–water partition coefficient (Wildman–Crippen LogP) is 3.06. The van der Waals surface area contributed by atoms with E-state index < -0.39 is 0 Å². The highest BCUT2D eigenvalue weighted by Gasteiger charge is 2.19. The second-order valence-electron chi connectivity index (χ2n) is 5.35. The number of benzene rings is 1. The first-order chi connectivity index (χ1) is 10.2. The van der Waals surface area contributed by atoms with Gasteiger partial charge in [-0.2, -0.15) is 0 Å². The van der Waals surface area contributed by atoms with Crippen LogP contribution in [0.5, 0.6) is 11.5 Å². The number of Topliss-reactive ketones (excluding diaryl/α,β-unsaturated/α-hetero) is 1. The van der Waals surface area contributed by atoms with Gasteiger partial charge >= 0.3 is 0 Å². The lowest BCUT2D eigenvalue weighted by Gasteiger charge is -2.22. The molecule has 0 bridgehead atoms. The summed E-state index contributed by atoms with van der Waals surface area (Å²) in [5, 5.41) is 3.33. The Bertz CT molecular complexity index is 467. The molecule has 1 N–H and O–H groups in total. The van der Waals surface area contributed by atoms with Crippen molar-refractivity contribution in [3.63, 3.8) is 0 Å². The van der Waals surface area contributed by atoms with Crippen molar-refractivity contribution in [2.75, 3.05) is 26.3 Å². The van der Waals surface area contributed by atoms with Crippen LogP contribution in [0.2, 0.25) is 0 Å². The van der Waals surface area contributed by atoms with Crippen molar-refractivity contribution in [2.24, 2.45) is 5.92 Å². The highest BCUT2D eigenvalue weighted by Crippen LogP contribution is 2.30. The third-order valence-electron chi connectivity index (χ3n) is 3.80. The molecule has 1 aliphatic heterocycles. The Morgan fingerprint density at radius 2 is 1.81 bits per heavy atom. The minimum atomic E-state index is 0.200. The van der Waals surface area contributed by atoms with Crippen LogP contribution in [0.4, 0.5) is 0 Å². The van der Waals surface area contributed by atoms with E-state index in [1.165, 1.54) is 0 Å². The Balaban J connectivity index is 2.07. The lowest BCUT2D eigenvalue weighted by molar-refractivity contribution is 0.0952. The van der Waals surface area contributed by atoms with Crippen LogP contribution in [-0.4, -0.2) is 32.1 Å². The van der Waals surface area contributed by atoms with Crippen LogP contribution in [-0.2, 0) is 0 Å². The minimum absolute atomic E-state index is 0.200. The number of piperidine rings is 1. The van der Waals surface area contributed by atoms with Crippen LogP contribution in [0.25, 0.3) is 0 Å². The highest BCUT2D eigenvalue weighted by molar-refractivity contribution is 5.96. The number of carbonyl (C=O) groups is 1. The quantitative estimate of drug-likeness (QED) is 0.784. The maximum Gasteiger partial charge on any atom is 0.163 e. The van der Waals surface area contributed by atoms with Gasteiger partial charge in [-0.1, -0.05) is 0 Å². The second-order valence-corrected chi connectivity index (χ2v) is 5.35. The molecule has 1 fully saturated rings. The number of hydrogen-bond acceptors (Lipinski definition) is 4. The molecule has 0 radical (unpaired) electrons. The zero-order chi connectivity index (χ0) is 15.1. The van der Waals surface area contributed by atoms with Crippen LogP contribution >= 0.6 is 0 Å². The van der Waals surface area contributed by atoms with E-state index in [0.717, 1.165) is 31.5 Å². The van der Waals surface area contributed by atoms with E-state index in [1.807, 2.05) is 32.0 Å². The number of rotatable bonds is 7. The number of ether oxygens (including phenoxy) is 2. The van der Waals surface area contributed by atoms with Crippen LogP contribution in [0.1, 0.15) is 43.5 Å². The largest absolute Gasteiger partial charge is 0.490 e. The molecule has 0 amide bonds. The SMILES string of the molecule is CCOc1ccc(C(=O)CC2CCNCC2)cc1OCC. The van der Waals surface area contributed by atoms with Crippen molar-refractivity contribution in [1.82, 2.24) is 5.32 Å². The van der Waals surface area contributed by atoms with E-state index in [-0.39, 0.29) is 5.78 Å². The van der Waals surface area contributed by atoms with Crippen molar-refractivity contribution in [3.8, 4) is 11.5 Å². The van der Waals surface area contributed by atoms with Crippen molar-refractivity contribution in [3.05, 3.63) is 23.8 Å². The molecule has 1 aromatic rings. The highest BCUT2D eigenvalue weighted by atomic mass is 16.5. The van der Waals surface area contributed by atoms with E-state index in [1.54, 1.807) is 0 Å². The van der Waals surface area contributed by atoms with Gasteiger partial charge in [0.15, 0.2) is 17.3 Å². The monoisotopic (exact) mass is 291 g/mol. The molecule has 0 saturated carbocycles. The Kier molecular flexibility index (Phi) is 6.05. The number of ketones is 1. The molecular weight excluding hydrogens is 266 g/mol. The third kappa shape index (κ3) is 4.46. The van der Waals surface area contributed by atoms with Gasteiger partial charge in [-0.3, -0.25) is 4.79 Å². The molecule has 0 atom stereocenters. The summed E-state index contributed by atoms with van der Waals surface area (Å²) in [6, 6.07) is 5.50. The van der Waals surface area contributed by atoms with Crippen LogP contribution in [0.15, 0.2) is 18.2 Å². The third-order valence-corrected chi connectivity index (χ3v) is 3.80. The fourth-order valence-corrected chi connectivity index (χ4v) is 2.69. The van der Waals surface area contributed by atoms with Gasteiger partial charge in [0.05, 0.1) is 13.2 Å². The Hall–Kier alpha value is -1.55. The summed E-state index contributed by atoms with van der Waals surface area (Å²) in [6.07, 6.45) is 2.80. The van der Waals surface area contributed by atoms with E-state index in [9.17, 15) is 4.79 Å². The van der Waals surface area contributed by atoms with E-state index in [2.05, 4.69) is 5.32 Å². The first kappa shape index (κ1) is 15.8. The summed E-state index contributed by atoms with van der Waals surface area (Å²) in [7, 11) is 0. The average Bonchev–Trinajstić information content (AvgIpc) is 2.50. The summed E-state index contributed by atoms with van der Waals surface area (Å²) in [5.41, 5.74) is 0.723. The molecule has 0 aliphatic carbocycles. The summed E-state index contributed by atoms with van der Waals surface area (Å²) >= 11 is 0. The van der Waals surface area contributed by atoms with E-state index in [0.29, 0.717) is 37.1 Å². The average molecular weight is 291 g/mol. The molecule has 1 aliphatic rings. The fourth-order valence-electron chi connectivity index (χ4n) is 2.69. The lowest BCUT2D eigenvalue weighted by Crippen LogP contribution is -2.28. The molecule has 0 unspecified atom stereocenters. The van der Waals surface area contributed by atoms with Gasteiger partial charge in [0, 0.05) is 12.0 Å². The van der Waals surface area contributed by atoms with Crippen LogP contribution in [0, 0.1) is 5.92 Å². The van der Waals surface area contributed by atoms with Gasteiger partial charge < -0.3 is 14.8 Å². The smallest absolute Gasteiger partial charge is 0.163 e. The van der Waals surface area contributed by atoms with Crippen molar-refractivity contribution >= 4 is 5.78 Å². The summed E-state index contributed by atoms with van der Waals surface area (Å²) < 4.78 is 11.1. The Morgan fingerprint density at radius 1 is 1.14 bits per heavy atom. The van der Waals surface area contributed by atoms with E-state index >= 15 is 0 Å². The van der Waals surface area contributed by atoms with Crippen LogP contribution in [0.3, 0.4) is 0 Å². The maximum absolute atomic E-state index is 12.4. The van der Waals surface area contributed by atoms with Crippen LogP contribution < -0.4 is 14.8 Å². The van der Waals surface area contributed by atoms with Crippen molar-refractivity contribution < 1.29 is 14.3 Å². The number of hydrogen-bond donors (Lipinski definition) is 1. The minimum Gasteiger partial charge on any atom is -0.490 e. The molecule has 21 heavy (non-hydrogen) atoms. The maximum atomic E-state index is 12.4. The number of carbonyl (C=O) groups excluding carboxylic acids is 1. The Labute approximate surface area is 126 Å². The predicted molar refractivity (Wildman–Crippen MR) is 83.3 cm³/mol. The van der Waals surface area contributed by atoms with Gasteiger partial charge in [0.1, 0.15) is 0 Å². The molecule has 4 heteroatoms. The van der Waals surface area contributed by atoms with Gasteiger partial charge in [-0.25, -0.2) is 0 Å².